The Hall–Kier alpha value is -2.67. The zero-order valence-corrected chi connectivity index (χ0v) is 15.3. The largest absolute Gasteiger partial charge is 0.479 e. The van der Waals surface area contributed by atoms with Crippen molar-refractivity contribution in [1.82, 2.24) is 14.7 Å². The first-order valence-corrected chi connectivity index (χ1v) is 9.32. The first-order chi connectivity index (χ1) is 12.9. The van der Waals surface area contributed by atoms with Crippen LogP contribution in [0.4, 0.5) is 0 Å². The Morgan fingerprint density at radius 3 is 2.41 bits per heavy atom. The average molecular weight is 369 g/mol. The molecule has 1 aromatic heterocycles. The van der Waals surface area contributed by atoms with Crippen LogP contribution in [0.3, 0.4) is 0 Å². The lowest BCUT2D eigenvalue weighted by Crippen LogP contribution is -2.51. The molecule has 2 aromatic rings. The van der Waals surface area contributed by atoms with E-state index < -0.39 is 11.6 Å². The van der Waals surface area contributed by atoms with Crippen LogP contribution in [0, 0.1) is 6.92 Å². The number of aliphatic hydroxyl groups is 1. The van der Waals surface area contributed by atoms with Crippen molar-refractivity contribution in [1.29, 1.82) is 0 Å². The van der Waals surface area contributed by atoms with Crippen LogP contribution in [-0.4, -0.2) is 55.5 Å². The Kier molecular flexibility index (Phi) is 4.26. The Morgan fingerprint density at radius 1 is 1.11 bits per heavy atom. The van der Waals surface area contributed by atoms with Crippen LogP contribution >= 0.6 is 0 Å². The quantitative estimate of drug-likeness (QED) is 0.859. The molecule has 27 heavy (non-hydrogen) atoms. The number of hydrogen-bond donors (Lipinski definition) is 2. The Bertz CT molecular complexity index is 893. The van der Waals surface area contributed by atoms with Crippen LogP contribution in [0.2, 0.25) is 0 Å². The zero-order valence-electron chi connectivity index (χ0n) is 15.3. The number of hydrogen-bond acceptors (Lipinski definition) is 4. The second-order valence-electron chi connectivity index (χ2n) is 7.50. The highest BCUT2D eigenvalue weighted by molar-refractivity contribution is 5.94. The number of fused-ring (bicyclic) bond motifs is 1. The van der Waals surface area contributed by atoms with Gasteiger partial charge in [-0.05, 0) is 38.3 Å². The molecule has 2 aliphatic rings. The number of benzene rings is 1. The number of piperidine rings is 1. The van der Waals surface area contributed by atoms with Gasteiger partial charge in [0, 0.05) is 37.2 Å². The molecule has 4 rings (SSSR count). The fourth-order valence-corrected chi connectivity index (χ4v) is 3.95. The number of rotatable bonds is 3. The molecule has 0 atom stereocenters. The predicted octanol–water partition coefficient (Wildman–Crippen LogP) is 1.72. The molecule has 1 fully saturated rings. The minimum absolute atomic E-state index is 0.0366. The molecule has 0 bridgehead atoms. The number of aryl methyl sites for hydroxylation is 1. The number of amides is 1. The summed E-state index contributed by atoms with van der Waals surface area (Å²) in [6.07, 6.45) is 2.79. The van der Waals surface area contributed by atoms with Crippen LogP contribution < -0.4 is 0 Å². The minimum atomic E-state index is -1.74. The number of carbonyl (C=O) groups excluding carboxylic acids is 1. The van der Waals surface area contributed by atoms with Gasteiger partial charge in [0.2, 0.25) is 0 Å². The third kappa shape index (κ3) is 3.02. The molecule has 1 aliphatic heterocycles. The molecule has 1 amide bonds. The van der Waals surface area contributed by atoms with Gasteiger partial charge in [0.1, 0.15) is 0 Å². The number of nitrogens with zero attached hydrogens (tertiary/aromatic N) is 3. The summed E-state index contributed by atoms with van der Waals surface area (Å²) in [5.41, 5.74) is 2.92. The monoisotopic (exact) mass is 369 g/mol. The Balaban J connectivity index is 1.61. The molecule has 0 spiro atoms. The lowest BCUT2D eigenvalue weighted by atomic mass is 9.91. The van der Waals surface area contributed by atoms with E-state index in [0.29, 0.717) is 5.69 Å². The molecular weight excluding hydrogens is 346 g/mol. The summed E-state index contributed by atoms with van der Waals surface area (Å²) in [5.74, 6) is -1.40. The Morgan fingerprint density at radius 2 is 1.78 bits per heavy atom. The highest BCUT2D eigenvalue weighted by Gasteiger charge is 2.41. The normalized spacial score (nSPS) is 18.4. The highest BCUT2D eigenvalue weighted by atomic mass is 16.4. The van der Waals surface area contributed by atoms with Crippen molar-refractivity contribution < 1.29 is 19.8 Å². The second-order valence-corrected chi connectivity index (χ2v) is 7.50. The Labute approximate surface area is 157 Å². The van der Waals surface area contributed by atoms with E-state index in [1.165, 1.54) is 0 Å². The van der Waals surface area contributed by atoms with Crippen molar-refractivity contribution in [2.24, 2.45) is 0 Å². The van der Waals surface area contributed by atoms with Crippen LogP contribution in [0.15, 0.2) is 24.3 Å². The SMILES string of the molecule is Cc1ccc(-n2nc(C(=O)N3CCC(O)(C(=O)O)CC3)c3c2CCC3)cc1. The van der Waals surface area contributed by atoms with Gasteiger partial charge in [0.15, 0.2) is 11.3 Å². The minimum Gasteiger partial charge on any atom is -0.479 e. The maximum atomic E-state index is 13.1. The van der Waals surface area contributed by atoms with Gasteiger partial charge in [-0.2, -0.15) is 5.10 Å². The summed E-state index contributed by atoms with van der Waals surface area (Å²) in [5, 5.41) is 23.9. The van der Waals surface area contributed by atoms with Crippen LogP contribution in [-0.2, 0) is 17.6 Å². The topological polar surface area (TPSA) is 95.7 Å². The van der Waals surface area contributed by atoms with Crippen molar-refractivity contribution in [2.45, 2.75) is 44.6 Å². The molecule has 142 valence electrons. The van der Waals surface area contributed by atoms with E-state index in [0.717, 1.165) is 41.8 Å². The molecule has 1 aromatic carbocycles. The lowest BCUT2D eigenvalue weighted by Gasteiger charge is -2.35. The van der Waals surface area contributed by atoms with E-state index in [-0.39, 0.29) is 31.8 Å². The van der Waals surface area contributed by atoms with E-state index in [1.54, 1.807) is 4.90 Å². The van der Waals surface area contributed by atoms with E-state index in [2.05, 4.69) is 5.10 Å². The fourth-order valence-electron chi connectivity index (χ4n) is 3.95. The van der Waals surface area contributed by atoms with Gasteiger partial charge < -0.3 is 15.1 Å². The average Bonchev–Trinajstić information content (AvgIpc) is 3.25. The first-order valence-electron chi connectivity index (χ1n) is 9.32. The maximum absolute atomic E-state index is 13.1. The third-order valence-electron chi connectivity index (χ3n) is 5.69. The van der Waals surface area contributed by atoms with Gasteiger partial charge in [0.05, 0.1) is 5.69 Å². The van der Waals surface area contributed by atoms with Gasteiger partial charge in [-0.25, -0.2) is 9.48 Å². The van der Waals surface area contributed by atoms with Crippen LogP contribution in [0.5, 0.6) is 0 Å². The molecule has 7 nitrogen and oxygen atoms in total. The van der Waals surface area contributed by atoms with Crippen molar-refractivity contribution in [3.05, 3.63) is 46.8 Å². The maximum Gasteiger partial charge on any atom is 0.335 e. The summed E-state index contributed by atoms with van der Waals surface area (Å²) in [7, 11) is 0. The standard InChI is InChI=1S/C20H23N3O4/c1-13-5-7-14(8-6-13)23-16-4-2-3-15(16)17(21-23)18(24)22-11-9-20(27,10-12-22)19(25)26/h5-8,27H,2-4,9-12H2,1H3,(H,25,26). The number of carboxylic acid groups (broad SMARTS) is 1. The number of aliphatic carboxylic acids is 1. The number of aromatic nitrogens is 2. The second kappa shape index (κ2) is 6.49. The van der Waals surface area contributed by atoms with Gasteiger partial charge in [-0.3, -0.25) is 4.79 Å². The van der Waals surface area contributed by atoms with Gasteiger partial charge in [-0.15, -0.1) is 0 Å². The van der Waals surface area contributed by atoms with E-state index in [1.807, 2.05) is 35.9 Å². The third-order valence-corrected chi connectivity index (χ3v) is 5.69. The van der Waals surface area contributed by atoms with Gasteiger partial charge in [0.25, 0.3) is 5.91 Å². The first kappa shape index (κ1) is 17.7. The number of carboxylic acids is 1. The number of carbonyl (C=O) groups is 2. The van der Waals surface area contributed by atoms with Crippen molar-refractivity contribution in [3.63, 3.8) is 0 Å². The van der Waals surface area contributed by atoms with Crippen molar-refractivity contribution in [2.75, 3.05) is 13.1 Å². The van der Waals surface area contributed by atoms with Crippen LogP contribution in [0.1, 0.15) is 46.6 Å². The molecule has 1 saturated heterocycles. The molecule has 2 N–H and O–H groups in total. The van der Waals surface area contributed by atoms with E-state index in [9.17, 15) is 14.7 Å². The molecule has 0 unspecified atom stereocenters. The van der Waals surface area contributed by atoms with Crippen LogP contribution in [0.25, 0.3) is 5.69 Å². The molecule has 1 aliphatic carbocycles. The predicted molar refractivity (Wildman–Crippen MR) is 98.0 cm³/mol. The zero-order chi connectivity index (χ0) is 19.2. The molecule has 0 saturated carbocycles. The number of likely N-dealkylation sites (tertiary alicyclic amines) is 1. The fraction of sp³-hybridized carbons (Fsp3) is 0.450. The van der Waals surface area contributed by atoms with Gasteiger partial charge in [-0.1, -0.05) is 17.7 Å². The summed E-state index contributed by atoms with van der Waals surface area (Å²) in [6.45, 7) is 2.46. The summed E-state index contributed by atoms with van der Waals surface area (Å²) in [6, 6.07) is 8.06. The smallest absolute Gasteiger partial charge is 0.335 e. The highest BCUT2D eigenvalue weighted by Crippen LogP contribution is 2.30. The summed E-state index contributed by atoms with van der Waals surface area (Å²) in [4.78, 5) is 25.9. The molecule has 0 radical (unpaired) electrons. The summed E-state index contributed by atoms with van der Waals surface area (Å²) < 4.78 is 1.87. The van der Waals surface area contributed by atoms with Gasteiger partial charge >= 0.3 is 5.97 Å². The lowest BCUT2D eigenvalue weighted by molar-refractivity contribution is -0.162. The molecular formula is C20H23N3O4. The van der Waals surface area contributed by atoms with E-state index in [4.69, 9.17) is 5.11 Å². The molecule has 7 heteroatoms. The molecule has 2 heterocycles. The van der Waals surface area contributed by atoms with Crippen molar-refractivity contribution >= 4 is 11.9 Å². The summed E-state index contributed by atoms with van der Waals surface area (Å²) >= 11 is 0. The van der Waals surface area contributed by atoms with E-state index >= 15 is 0 Å². The van der Waals surface area contributed by atoms with Crippen molar-refractivity contribution in [3.8, 4) is 5.69 Å².